The Balaban J connectivity index is 1.51. The summed E-state index contributed by atoms with van der Waals surface area (Å²) in [5, 5.41) is 1.16. The molecule has 1 aromatic heterocycles. The van der Waals surface area contributed by atoms with Crippen LogP contribution in [0.5, 0.6) is 0 Å². The Morgan fingerprint density at radius 1 is 1.12 bits per heavy atom. The normalized spacial score (nSPS) is 17.3. The molecule has 4 heteroatoms. The third-order valence-electron chi connectivity index (χ3n) is 5.58. The van der Waals surface area contributed by atoms with E-state index in [2.05, 4.69) is 46.8 Å². The predicted octanol–water partition coefficient (Wildman–Crippen LogP) is 3.31. The molecule has 2 aromatic carbocycles. The Morgan fingerprint density at radius 3 is 2.69 bits per heavy atom. The van der Waals surface area contributed by atoms with Gasteiger partial charge in [0.15, 0.2) is 0 Å². The molecule has 0 spiro atoms. The third-order valence-corrected chi connectivity index (χ3v) is 5.58. The highest BCUT2D eigenvalue weighted by Gasteiger charge is 2.25. The fraction of sp³-hybridized carbons (Fsp3) is 0.318. The van der Waals surface area contributed by atoms with Crippen molar-refractivity contribution in [3.05, 3.63) is 71.4 Å². The molecule has 0 fully saturated rings. The van der Waals surface area contributed by atoms with Crippen molar-refractivity contribution < 1.29 is 4.79 Å². The van der Waals surface area contributed by atoms with Gasteiger partial charge < -0.3 is 9.47 Å². The molecule has 0 bridgehead atoms. The lowest BCUT2D eigenvalue weighted by Crippen LogP contribution is -2.46. The maximum absolute atomic E-state index is 12.9. The molecule has 4 nitrogen and oxygen atoms in total. The summed E-state index contributed by atoms with van der Waals surface area (Å²) in [5.41, 5.74) is 4.64. The minimum absolute atomic E-state index is 0.0837. The molecule has 0 aliphatic carbocycles. The van der Waals surface area contributed by atoms with Crippen LogP contribution in [0.25, 0.3) is 10.9 Å². The number of nitrogens with zero attached hydrogens (tertiary/aromatic N) is 3. The van der Waals surface area contributed by atoms with Crippen LogP contribution in [-0.4, -0.2) is 47.0 Å². The van der Waals surface area contributed by atoms with E-state index in [1.807, 2.05) is 43.4 Å². The molecule has 1 aliphatic rings. The molecule has 1 atom stereocenters. The lowest BCUT2D eigenvalue weighted by Gasteiger charge is -2.36. The van der Waals surface area contributed by atoms with Gasteiger partial charge in [-0.3, -0.25) is 9.69 Å². The first kappa shape index (κ1) is 16.9. The summed E-state index contributed by atoms with van der Waals surface area (Å²) in [6.07, 6.45) is 3.01. The number of hydrogen-bond donors (Lipinski definition) is 0. The highest BCUT2D eigenvalue weighted by Crippen LogP contribution is 2.23. The van der Waals surface area contributed by atoms with E-state index in [9.17, 15) is 4.79 Å². The second-order valence-corrected chi connectivity index (χ2v) is 7.43. The number of aryl methyl sites for hydroxylation is 1. The fourth-order valence-corrected chi connectivity index (χ4v) is 3.94. The number of fused-ring (bicyclic) bond motifs is 2. The highest BCUT2D eigenvalue weighted by atomic mass is 16.2. The zero-order valence-electron chi connectivity index (χ0n) is 15.6. The van der Waals surface area contributed by atoms with E-state index < -0.39 is 0 Å². The van der Waals surface area contributed by atoms with Gasteiger partial charge in [0.1, 0.15) is 0 Å². The minimum Gasteiger partial charge on any atom is -0.351 e. The topological polar surface area (TPSA) is 28.5 Å². The van der Waals surface area contributed by atoms with Gasteiger partial charge in [-0.2, -0.15) is 0 Å². The van der Waals surface area contributed by atoms with Gasteiger partial charge in [0, 0.05) is 50.5 Å². The van der Waals surface area contributed by atoms with Crippen molar-refractivity contribution in [2.24, 2.45) is 7.05 Å². The van der Waals surface area contributed by atoms with E-state index >= 15 is 0 Å². The van der Waals surface area contributed by atoms with E-state index in [1.165, 1.54) is 11.1 Å². The number of carbonyl (C=O) groups is 1. The molecule has 3 aromatic rings. The summed E-state index contributed by atoms with van der Waals surface area (Å²) in [4.78, 5) is 17.2. The monoisotopic (exact) mass is 347 g/mol. The van der Waals surface area contributed by atoms with E-state index in [1.54, 1.807) is 0 Å². The molecule has 0 saturated heterocycles. The molecular weight excluding hydrogens is 322 g/mol. The second kappa shape index (κ2) is 6.61. The number of likely N-dealkylation sites (N-methyl/N-ethyl adjacent to an activating group) is 2. The second-order valence-electron chi connectivity index (χ2n) is 7.43. The third kappa shape index (κ3) is 3.01. The van der Waals surface area contributed by atoms with Crippen LogP contribution in [0, 0.1) is 0 Å². The molecule has 0 radical (unpaired) electrons. The number of rotatable bonds is 3. The first-order valence-corrected chi connectivity index (χ1v) is 9.10. The number of hydrogen-bond acceptors (Lipinski definition) is 2. The summed E-state index contributed by atoms with van der Waals surface area (Å²) in [5.74, 6) is 0.0837. The maximum atomic E-state index is 12.9. The van der Waals surface area contributed by atoms with Crippen LogP contribution < -0.4 is 0 Å². The van der Waals surface area contributed by atoms with Crippen LogP contribution in [-0.2, 0) is 20.0 Å². The molecule has 0 N–H and O–H groups in total. The number of aromatic nitrogens is 1. The van der Waals surface area contributed by atoms with E-state index in [0.717, 1.165) is 36.0 Å². The van der Waals surface area contributed by atoms with Gasteiger partial charge in [-0.15, -0.1) is 0 Å². The van der Waals surface area contributed by atoms with Crippen LogP contribution in [0.2, 0.25) is 0 Å². The largest absolute Gasteiger partial charge is 0.351 e. The number of benzene rings is 2. The van der Waals surface area contributed by atoms with Crippen molar-refractivity contribution in [2.75, 3.05) is 20.6 Å². The van der Waals surface area contributed by atoms with Gasteiger partial charge in [0.25, 0.3) is 5.91 Å². The number of amides is 1. The first-order valence-electron chi connectivity index (χ1n) is 9.10. The molecule has 1 unspecified atom stereocenters. The Morgan fingerprint density at radius 2 is 1.88 bits per heavy atom. The Bertz CT molecular complexity index is 959. The van der Waals surface area contributed by atoms with Crippen LogP contribution in [0.4, 0.5) is 0 Å². The van der Waals surface area contributed by atoms with Crippen LogP contribution >= 0.6 is 0 Å². The summed E-state index contributed by atoms with van der Waals surface area (Å²) in [7, 11) is 6.07. The maximum Gasteiger partial charge on any atom is 0.253 e. The predicted molar refractivity (Wildman–Crippen MR) is 105 cm³/mol. The Labute approximate surface area is 154 Å². The SMILES string of the molecule is CN(CC1Cc2ccccc2CN1C)C(=O)c1ccc2ccn(C)c2c1. The summed E-state index contributed by atoms with van der Waals surface area (Å²) in [6, 6.07) is 17.0. The van der Waals surface area contributed by atoms with Gasteiger partial charge in [0.05, 0.1) is 0 Å². The van der Waals surface area contributed by atoms with Crippen molar-refractivity contribution in [1.82, 2.24) is 14.4 Å². The van der Waals surface area contributed by atoms with E-state index in [0.29, 0.717) is 6.04 Å². The summed E-state index contributed by atoms with van der Waals surface area (Å²) in [6.45, 7) is 1.67. The van der Waals surface area contributed by atoms with Gasteiger partial charge in [-0.05, 0) is 48.2 Å². The van der Waals surface area contributed by atoms with Crippen molar-refractivity contribution >= 4 is 16.8 Å². The van der Waals surface area contributed by atoms with E-state index in [4.69, 9.17) is 0 Å². The Hall–Kier alpha value is -2.59. The molecule has 2 heterocycles. The lowest BCUT2D eigenvalue weighted by molar-refractivity contribution is 0.0733. The zero-order chi connectivity index (χ0) is 18.3. The summed E-state index contributed by atoms with van der Waals surface area (Å²) < 4.78 is 2.05. The lowest BCUT2D eigenvalue weighted by atomic mass is 9.94. The first-order chi connectivity index (χ1) is 12.5. The van der Waals surface area contributed by atoms with Crippen molar-refractivity contribution in [3.8, 4) is 0 Å². The van der Waals surface area contributed by atoms with Crippen LogP contribution in [0.15, 0.2) is 54.7 Å². The summed E-state index contributed by atoms with van der Waals surface area (Å²) >= 11 is 0. The van der Waals surface area contributed by atoms with Gasteiger partial charge in [-0.1, -0.05) is 30.3 Å². The molecule has 1 aliphatic heterocycles. The molecule has 4 rings (SSSR count). The molecule has 1 amide bonds. The average molecular weight is 347 g/mol. The van der Waals surface area contributed by atoms with Crippen molar-refractivity contribution in [3.63, 3.8) is 0 Å². The molecule has 0 saturated carbocycles. The van der Waals surface area contributed by atoms with Crippen LogP contribution in [0.1, 0.15) is 21.5 Å². The fourth-order valence-electron chi connectivity index (χ4n) is 3.94. The van der Waals surface area contributed by atoms with Gasteiger partial charge in [-0.25, -0.2) is 0 Å². The molecule has 134 valence electrons. The highest BCUT2D eigenvalue weighted by molar-refractivity contribution is 5.98. The molecular formula is C22H25N3O. The number of carbonyl (C=O) groups excluding carboxylic acids is 1. The smallest absolute Gasteiger partial charge is 0.253 e. The average Bonchev–Trinajstić information content (AvgIpc) is 3.02. The Kier molecular flexibility index (Phi) is 4.29. The van der Waals surface area contributed by atoms with Crippen molar-refractivity contribution in [2.45, 2.75) is 19.0 Å². The standard InChI is InChI=1S/C22H25N3O/c1-23-11-10-16-8-9-18(13-21(16)23)22(26)25(3)15-20-12-17-6-4-5-7-19(17)14-24(20)2/h4-11,13,20H,12,14-15H2,1-3H3. The molecule has 26 heavy (non-hydrogen) atoms. The van der Waals surface area contributed by atoms with Gasteiger partial charge in [0.2, 0.25) is 0 Å². The van der Waals surface area contributed by atoms with Crippen LogP contribution in [0.3, 0.4) is 0 Å². The van der Waals surface area contributed by atoms with Crippen molar-refractivity contribution in [1.29, 1.82) is 0 Å². The van der Waals surface area contributed by atoms with Gasteiger partial charge >= 0.3 is 0 Å². The quantitative estimate of drug-likeness (QED) is 0.727. The van der Waals surface area contributed by atoms with E-state index in [-0.39, 0.29) is 5.91 Å². The zero-order valence-corrected chi connectivity index (χ0v) is 15.6. The minimum atomic E-state index is 0.0837.